The third kappa shape index (κ3) is 2.90. The molecule has 98 valence electrons. The summed E-state index contributed by atoms with van der Waals surface area (Å²) in [5.41, 5.74) is 1.77. The number of halogens is 1. The maximum absolute atomic E-state index is 13.1. The Labute approximate surface area is 118 Å². The van der Waals surface area contributed by atoms with Crippen LogP contribution in [0.4, 0.5) is 9.52 Å². The third-order valence-corrected chi connectivity index (χ3v) is 4.65. The molecule has 19 heavy (non-hydrogen) atoms. The number of fused-ring (bicyclic) bond motifs is 1. The first-order valence-electron chi connectivity index (χ1n) is 5.92. The Balaban J connectivity index is 1.65. The van der Waals surface area contributed by atoms with Crippen LogP contribution in [-0.2, 0) is 6.42 Å². The van der Waals surface area contributed by atoms with E-state index in [9.17, 15) is 4.39 Å². The molecule has 6 heteroatoms. The smallest absolute Gasteiger partial charge is 0.183 e. The molecular formula is C13H12FN3S2. The molecule has 0 aliphatic carbocycles. The van der Waals surface area contributed by atoms with Crippen molar-refractivity contribution >= 4 is 38.0 Å². The summed E-state index contributed by atoms with van der Waals surface area (Å²) in [6, 6.07) is 4.68. The maximum Gasteiger partial charge on any atom is 0.183 e. The lowest BCUT2D eigenvalue weighted by Gasteiger charge is -1.99. The highest BCUT2D eigenvalue weighted by Gasteiger charge is 2.05. The van der Waals surface area contributed by atoms with Crippen molar-refractivity contribution < 1.29 is 4.39 Å². The number of anilines is 1. The number of thiazole rings is 2. The predicted octanol–water partition coefficient (Wildman–Crippen LogP) is 3.85. The van der Waals surface area contributed by atoms with Crippen LogP contribution >= 0.6 is 22.7 Å². The Morgan fingerprint density at radius 3 is 3.00 bits per heavy atom. The second-order valence-corrected chi connectivity index (χ2v) is 6.16. The van der Waals surface area contributed by atoms with E-state index < -0.39 is 0 Å². The van der Waals surface area contributed by atoms with Crippen molar-refractivity contribution in [3.8, 4) is 0 Å². The topological polar surface area (TPSA) is 37.8 Å². The van der Waals surface area contributed by atoms with Crippen molar-refractivity contribution in [3.05, 3.63) is 40.1 Å². The number of nitrogens with zero attached hydrogens (tertiary/aromatic N) is 2. The highest BCUT2D eigenvalue weighted by atomic mass is 32.1. The molecule has 0 radical (unpaired) electrons. The normalized spacial score (nSPS) is 11.1. The minimum atomic E-state index is -0.248. The molecule has 0 spiro atoms. The van der Waals surface area contributed by atoms with Crippen molar-refractivity contribution in [2.75, 3.05) is 11.9 Å². The number of rotatable bonds is 4. The van der Waals surface area contributed by atoms with E-state index in [0.29, 0.717) is 5.52 Å². The number of hydrogen-bond acceptors (Lipinski definition) is 5. The van der Waals surface area contributed by atoms with Gasteiger partial charge in [-0.3, -0.25) is 0 Å². The van der Waals surface area contributed by atoms with Crippen LogP contribution in [0.3, 0.4) is 0 Å². The number of aryl methyl sites for hydroxylation is 1. The molecule has 0 saturated heterocycles. The van der Waals surface area contributed by atoms with E-state index in [4.69, 9.17) is 0 Å². The Morgan fingerprint density at radius 1 is 1.32 bits per heavy atom. The lowest BCUT2D eigenvalue weighted by Crippen LogP contribution is -2.04. The lowest BCUT2D eigenvalue weighted by molar-refractivity contribution is 0.629. The van der Waals surface area contributed by atoms with Crippen LogP contribution in [0.1, 0.15) is 10.7 Å². The maximum atomic E-state index is 13.1. The van der Waals surface area contributed by atoms with Crippen LogP contribution in [0, 0.1) is 12.7 Å². The van der Waals surface area contributed by atoms with Gasteiger partial charge in [-0.05, 0) is 19.1 Å². The predicted molar refractivity (Wildman–Crippen MR) is 78.6 cm³/mol. The zero-order chi connectivity index (χ0) is 13.2. The number of hydrogen-bond donors (Lipinski definition) is 1. The average Bonchev–Trinajstić information content (AvgIpc) is 2.95. The molecule has 0 fully saturated rings. The summed E-state index contributed by atoms with van der Waals surface area (Å²) in [5, 5.41) is 7.26. The fourth-order valence-corrected chi connectivity index (χ4v) is 3.42. The number of aromatic nitrogens is 2. The van der Waals surface area contributed by atoms with Gasteiger partial charge >= 0.3 is 0 Å². The second kappa shape index (κ2) is 5.22. The van der Waals surface area contributed by atoms with Gasteiger partial charge in [-0.25, -0.2) is 14.4 Å². The van der Waals surface area contributed by atoms with Crippen molar-refractivity contribution in [2.45, 2.75) is 13.3 Å². The minimum Gasteiger partial charge on any atom is -0.361 e. The standard InChI is InChI=1S/C13H12FN3S2/c1-8-7-18-12(16-8)4-5-15-13-17-10-6-9(14)2-3-11(10)19-13/h2-3,6-7H,4-5H2,1H3,(H,15,17). The average molecular weight is 293 g/mol. The largest absolute Gasteiger partial charge is 0.361 e. The van der Waals surface area contributed by atoms with Gasteiger partial charge in [-0.2, -0.15) is 0 Å². The quantitative estimate of drug-likeness (QED) is 0.794. The second-order valence-electron chi connectivity index (χ2n) is 4.19. The molecule has 0 atom stereocenters. The summed E-state index contributed by atoms with van der Waals surface area (Å²) in [7, 11) is 0. The molecule has 2 aromatic heterocycles. The van der Waals surface area contributed by atoms with Gasteiger partial charge in [0.05, 0.1) is 15.2 Å². The molecule has 3 aromatic rings. The van der Waals surface area contributed by atoms with Crippen LogP contribution < -0.4 is 5.32 Å². The van der Waals surface area contributed by atoms with Crippen LogP contribution in [0.15, 0.2) is 23.6 Å². The first kappa shape index (κ1) is 12.5. The molecule has 2 heterocycles. The molecule has 0 aliphatic heterocycles. The van der Waals surface area contributed by atoms with Crippen molar-refractivity contribution in [1.29, 1.82) is 0 Å². The summed E-state index contributed by atoms with van der Waals surface area (Å²) < 4.78 is 14.1. The molecule has 0 saturated carbocycles. The van der Waals surface area contributed by atoms with Crippen molar-refractivity contribution in [2.24, 2.45) is 0 Å². The Kier molecular flexibility index (Phi) is 3.44. The molecule has 3 nitrogen and oxygen atoms in total. The van der Waals surface area contributed by atoms with E-state index in [-0.39, 0.29) is 5.82 Å². The number of nitrogens with one attached hydrogen (secondary N) is 1. The fraction of sp³-hybridized carbons (Fsp3) is 0.231. The molecule has 0 bridgehead atoms. The molecule has 0 aliphatic rings. The van der Waals surface area contributed by atoms with E-state index in [1.807, 2.05) is 6.92 Å². The summed E-state index contributed by atoms with van der Waals surface area (Å²) in [6.45, 7) is 2.78. The SMILES string of the molecule is Cc1csc(CCNc2nc3cc(F)ccc3s2)n1. The summed E-state index contributed by atoms with van der Waals surface area (Å²) >= 11 is 3.21. The summed E-state index contributed by atoms with van der Waals surface area (Å²) in [4.78, 5) is 8.77. The van der Waals surface area contributed by atoms with E-state index in [0.717, 1.165) is 33.5 Å². The van der Waals surface area contributed by atoms with Gasteiger partial charge < -0.3 is 5.32 Å². The number of benzene rings is 1. The van der Waals surface area contributed by atoms with Gasteiger partial charge in [0.15, 0.2) is 5.13 Å². The van der Waals surface area contributed by atoms with Gasteiger partial charge in [0.2, 0.25) is 0 Å². The van der Waals surface area contributed by atoms with Crippen molar-refractivity contribution in [3.63, 3.8) is 0 Å². The Hall–Kier alpha value is -1.53. The van der Waals surface area contributed by atoms with E-state index in [1.165, 1.54) is 12.1 Å². The summed E-state index contributed by atoms with van der Waals surface area (Å²) in [5.74, 6) is -0.248. The van der Waals surface area contributed by atoms with E-state index in [2.05, 4.69) is 20.7 Å². The van der Waals surface area contributed by atoms with Crippen LogP contribution in [0.5, 0.6) is 0 Å². The van der Waals surface area contributed by atoms with Crippen LogP contribution in [-0.4, -0.2) is 16.5 Å². The van der Waals surface area contributed by atoms with E-state index in [1.54, 1.807) is 28.7 Å². The first-order valence-corrected chi connectivity index (χ1v) is 7.61. The highest BCUT2D eigenvalue weighted by molar-refractivity contribution is 7.22. The van der Waals surface area contributed by atoms with Gasteiger partial charge in [-0.15, -0.1) is 11.3 Å². The molecule has 1 aromatic carbocycles. The zero-order valence-electron chi connectivity index (χ0n) is 10.3. The Morgan fingerprint density at radius 2 is 2.21 bits per heavy atom. The van der Waals surface area contributed by atoms with E-state index >= 15 is 0 Å². The van der Waals surface area contributed by atoms with Gasteiger partial charge in [0.25, 0.3) is 0 Å². The molecule has 1 N–H and O–H groups in total. The first-order chi connectivity index (χ1) is 9.20. The van der Waals surface area contributed by atoms with Crippen molar-refractivity contribution in [1.82, 2.24) is 9.97 Å². The molecule has 0 unspecified atom stereocenters. The van der Waals surface area contributed by atoms with Crippen LogP contribution in [0.25, 0.3) is 10.2 Å². The zero-order valence-corrected chi connectivity index (χ0v) is 11.9. The Bertz CT molecular complexity index is 705. The molecule has 3 rings (SSSR count). The van der Waals surface area contributed by atoms with Crippen LogP contribution in [0.2, 0.25) is 0 Å². The fourth-order valence-electron chi connectivity index (χ4n) is 1.77. The highest BCUT2D eigenvalue weighted by Crippen LogP contribution is 2.26. The minimum absolute atomic E-state index is 0.248. The third-order valence-electron chi connectivity index (χ3n) is 2.63. The van der Waals surface area contributed by atoms with Gasteiger partial charge in [-0.1, -0.05) is 11.3 Å². The van der Waals surface area contributed by atoms with Gasteiger partial charge in [0, 0.05) is 30.1 Å². The lowest BCUT2D eigenvalue weighted by atomic mass is 10.3. The summed E-state index contributed by atoms with van der Waals surface area (Å²) in [6.07, 6.45) is 0.878. The molecule has 0 amide bonds. The molecular weight excluding hydrogens is 281 g/mol. The van der Waals surface area contributed by atoms with Gasteiger partial charge in [0.1, 0.15) is 5.82 Å². The monoisotopic (exact) mass is 293 g/mol.